The topological polar surface area (TPSA) is 60.8 Å². The number of carbonyl (C=O) groups excluding carboxylic acids is 1. The number of benzene rings is 2. The van der Waals surface area contributed by atoms with Crippen molar-refractivity contribution >= 4 is 16.7 Å². The normalized spacial score (nSPS) is 22.4. The number of amides is 1. The van der Waals surface area contributed by atoms with Crippen LogP contribution in [0.2, 0.25) is 0 Å². The van der Waals surface area contributed by atoms with Gasteiger partial charge in [-0.25, -0.2) is 0 Å². The van der Waals surface area contributed by atoms with Gasteiger partial charge in [-0.2, -0.15) is 0 Å². The van der Waals surface area contributed by atoms with Gasteiger partial charge in [0.2, 0.25) is 0 Å². The van der Waals surface area contributed by atoms with Crippen molar-refractivity contribution in [2.45, 2.75) is 13.0 Å². The molecule has 1 aliphatic heterocycles. The smallest absolute Gasteiger partial charge is 0.257 e. The fourth-order valence-electron chi connectivity index (χ4n) is 2.69. The standard InChI is InChI=1S/C16H17NO3/c1-10-8-17(9-15(10)19)16(20)13-6-11-4-2-3-5-12(11)7-14(13)18/h2-7,10,15,18-19H,8-9H2,1H3/t10-,15+/m0/s1. The van der Waals surface area contributed by atoms with E-state index in [1.54, 1.807) is 17.0 Å². The average molecular weight is 271 g/mol. The number of β-amino-alcohol motifs (C(OH)–C–C–N with tert-alkyl or cyclic N) is 1. The fraction of sp³-hybridized carbons (Fsp3) is 0.312. The van der Waals surface area contributed by atoms with Crippen LogP contribution in [0, 0.1) is 5.92 Å². The summed E-state index contributed by atoms with van der Waals surface area (Å²) in [6, 6.07) is 10.9. The molecule has 0 aromatic heterocycles. The van der Waals surface area contributed by atoms with Gasteiger partial charge in [-0.15, -0.1) is 0 Å². The number of phenolic OH excluding ortho intramolecular Hbond substituents is 1. The second kappa shape index (κ2) is 4.80. The lowest BCUT2D eigenvalue weighted by Gasteiger charge is -2.17. The highest BCUT2D eigenvalue weighted by atomic mass is 16.3. The lowest BCUT2D eigenvalue weighted by molar-refractivity contribution is 0.0762. The molecule has 104 valence electrons. The van der Waals surface area contributed by atoms with Crippen LogP contribution in [0.4, 0.5) is 0 Å². The first kappa shape index (κ1) is 12.9. The van der Waals surface area contributed by atoms with Crippen molar-refractivity contribution in [3.63, 3.8) is 0 Å². The molecule has 2 N–H and O–H groups in total. The molecule has 1 fully saturated rings. The number of rotatable bonds is 1. The molecule has 0 spiro atoms. The van der Waals surface area contributed by atoms with E-state index in [0.717, 1.165) is 10.8 Å². The van der Waals surface area contributed by atoms with Gasteiger partial charge in [0.1, 0.15) is 5.75 Å². The average Bonchev–Trinajstić information content (AvgIpc) is 2.77. The van der Waals surface area contributed by atoms with Crippen LogP contribution in [-0.2, 0) is 0 Å². The van der Waals surface area contributed by atoms with Crippen molar-refractivity contribution < 1.29 is 15.0 Å². The summed E-state index contributed by atoms with van der Waals surface area (Å²) in [4.78, 5) is 14.1. The van der Waals surface area contributed by atoms with Gasteiger partial charge in [-0.1, -0.05) is 31.2 Å². The summed E-state index contributed by atoms with van der Waals surface area (Å²) < 4.78 is 0. The molecule has 1 saturated heterocycles. The van der Waals surface area contributed by atoms with E-state index in [1.807, 2.05) is 31.2 Å². The third-order valence-corrected chi connectivity index (χ3v) is 3.95. The van der Waals surface area contributed by atoms with Gasteiger partial charge < -0.3 is 15.1 Å². The number of carbonyl (C=O) groups is 1. The van der Waals surface area contributed by atoms with Gasteiger partial charge in [0.15, 0.2) is 0 Å². The number of likely N-dealkylation sites (tertiary alicyclic amines) is 1. The summed E-state index contributed by atoms with van der Waals surface area (Å²) in [6.07, 6.45) is -0.485. The molecule has 0 bridgehead atoms. The maximum atomic E-state index is 12.5. The summed E-state index contributed by atoms with van der Waals surface area (Å²) in [7, 11) is 0. The van der Waals surface area contributed by atoms with E-state index in [0.29, 0.717) is 18.7 Å². The van der Waals surface area contributed by atoms with Gasteiger partial charge in [-0.3, -0.25) is 4.79 Å². The van der Waals surface area contributed by atoms with E-state index in [4.69, 9.17) is 0 Å². The summed E-state index contributed by atoms with van der Waals surface area (Å²) in [5.41, 5.74) is 0.296. The molecule has 2 aromatic carbocycles. The van der Waals surface area contributed by atoms with Crippen LogP contribution in [-0.4, -0.2) is 40.2 Å². The summed E-state index contributed by atoms with van der Waals surface area (Å²) in [5.74, 6) is -0.166. The molecule has 0 saturated carbocycles. The number of fused-ring (bicyclic) bond motifs is 1. The number of aliphatic hydroxyl groups is 1. The van der Waals surface area contributed by atoms with Gasteiger partial charge in [0, 0.05) is 19.0 Å². The molecule has 1 aliphatic rings. The molecule has 1 heterocycles. The van der Waals surface area contributed by atoms with Crippen molar-refractivity contribution in [3.8, 4) is 5.75 Å². The molecular weight excluding hydrogens is 254 g/mol. The van der Waals surface area contributed by atoms with Gasteiger partial charge in [0.05, 0.1) is 11.7 Å². The molecule has 0 unspecified atom stereocenters. The first-order valence-corrected chi connectivity index (χ1v) is 6.75. The number of hydrogen-bond donors (Lipinski definition) is 2. The minimum absolute atomic E-state index is 0.0113. The Balaban J connectivity index is 1.97. The maximum Gasteiger partial charge on any atom is 0.257 e. The molecule has 2 atom stereocenters. The first-order chi connectivity index (χ1) is 9.56. The van der Waals surface area contributed by atoms with Crippen LogP contribution in [0.5, 0.6) is 5.75 Å². The minimum atomic E-state index is -0.485. The third kappa shape index (κ3) is 2.12. The second-order valence-corrected chi connectivity index (χ2v) is 5.47. The third-order valence-electron chi connectivity index (χ3n) is 3.95. The highest BCUT2D eigenvalue weighted by Gasteiger charge is 2.32. The summed E-state index contributed by atoms with van der Waals surface area (Å²) in [6.45, 7) is 2.76. The van der Waals surface area contributed by atoms with E-state index in [1.165, 1.54) is 0 Å². The number of hydrogen-bond acceptors (Lipinski definition) is 3. The second-order valence-electron chi connectivity index (χ2n) is 5.47. The van der Waals surface area contributed by atoms with Gasteiger partial charge in [-0.05, 0) is 22.9 Å². The molecule has 20 heavy (non-hydrogen) atoms. The lowest BCUT2D eigenvalue weighted by Crippen LogP contribution is -2.29. The van der Waals surface area contributed by atoms with Crippen molar-refractivity contribution in [2.75, 3.05) is 13.1 Å². The van der Waals surface area contributed by atoms with Crippen molar-refractivity contribution in [2.24, 2.45) is 5.92 Å². The van der Waals surface area contributed by atoms with Crippen LogP contribution in [0.15, 0.2) is 36.4 Å². The highest BCUT2D eigenvalue weighted by Crippen LogP contribution is 2.28. The van der Waals surface area contributed by atoms with Crippen LogP contribution >= 0.6 is 0 Å². The molecule has 2 aromatic rings. The van der Waals surface area contributed by atoms with Crippen LogP contribution in [0.3, 0.4) is 0 Å². The van der Waals surface area contributed by atoms with Crippen LogP contribution in [0.1, 0.15) is 17.3 Å². The molecule has 0 radical (unpaired) electrons. The predicted octanol–water partition coefficient (Wildman–Crippen LogP) is 2.00. The largest absolute Gasteiger partial charge is 0.507 e. The lowest BCUT2D eigenvalue weighted by atomic mass is 10.1. The van der Waals surface area contributed by atoms with E-state index in [2.05, 4.69) is 0 Å². The van der Waals surface area contributed by atoms with Gasteiger partial charge >= 0.3 is 0 Å². The van der Waals surface area contributed by atoms with E-state index in [9.17, 15) is 15.0 Å². The summed E-state index contributed by atoms with van der Waals surface area (Å²) >= 11 is 0. The highest BCUT2D eigenvalue weighted by molar-refractivity contribution is 6.01. The Labute approximate surface area is 117 Å². The Morgan fingerprint density at radius 2 is 1.85 bits per heavy atom. The molecular formula is C16H17NO3. The summed E-state index contributed by atoms with van der Waals surface area (Å²) in [5, 5.41) is 21.6. The quantitative estimate of drug-likeness (QED) is 0.834. The Morgan fingerprint density at radius 1 is 1.20 bits per heavy atom. The van der Waals surface area contributed by atoms with Crippen molar-refractivity contribution in [3.05, 3.63) is 42.0 Å². The van der Waals surface area contributed by atoms with E-state index in [-0.39, 0.29) is 17.6 Å². The van der Waals surface area contributed by atoms with Crippen molar-refractivity contribution in [1.82, 2.24) is 4.90 Å². The van der Waals surface area contributed by atoms with Crippen molar-refractivity contribution in [1.29, 1.82) is 0 Å². The minimum Gasteiger partial charge on any atom is -0.507 e. The predicted molar refractivity (Wildman–Crippen MR) is 76.7 cm³/mol. The number of aliphatic hydroxyl groups excluding tert-OH is 1. The van der Waals surface area contributed by atoms with E-state index >= 15 is 0 Å². The van der Waals surface area contributed by atoms with Crippen LogP contribution < -0.4 is 0 Å². The Hall–Kier alpha value is -2.07. The van der Waals surface area contributed by atoms with Crippen LogP contribution in [0.25, 0.3) is 10.8 Å². The molecule has 4 heteroatoms. The monoisotopic (exact) mass is 271 g/mol. The number of nitrogens with zero attached hydrogens (tertiary/aromatic N) is 1. The molecule has 3 rings (SSSR count). The molecule has 1 amide bonds. The fourth-order valence-corrected chi connectivity index (χ4v) is 2.69. The number of aromatic hydroxyl groups is 1. The Morgan fingerprint density at radius 3 is 2.45 bits per heavy atom. The zero-order chi connectivity index (χ0) is 14.3. The Kier molecular flexibility index (Phi) is 3.10. The Bertz CT molecular complexity index is 658. The number of phenols is 1. The maximum absolute atomic E-state index is 12.5. The zero-order valence-electron chi connectivity index (χ0n) is 11.3. The zero-order valence-corrected chi connectivity index (χ0v) is 11.3. The van der Waals surface area contributed by atoms with Gasteiger partial charge in [0.25, 0.3) is 5.91 Å². The van der Waals surface area contributed by atoms with E-state index < -0.39 is 6.10 Å². The molecule has 4 nitrogen and oxygen atoms in total. The first-order valence-electron chi connectivity index (χ1n) is 6.75. The SMILES string of the molecule is C[C@H]1CN(C(=O)c2cc3ccccc3cc2O)C[C@H]1O. The molecule has 0 aliphatic carbocycles.